The molecular weight excluding hydrogens is 272 g/mol. The van der Waals surface area contributed by atoms with Gasteiger partial charge in [-0.05, 0) is 30.5 Å². The van der Waals surface area contributed by atoms with Gasteiger partial charge in [0.15, 0.2) is 0 Å². The molecule has 3 heteroatoms. The molecule has 1 amide bonds. The van der Waals surface area contributed by atoms with Crippen LogP contribution in [0, 0.1) is 12.3 Å². The highest BCUT2D eigenvalue weighted by Gasteiger charge is 2.51. The van der Waals surface area contributed by atoms with E-state index in [-0.39, 0.29) is 11.3 Å². The standard InChI is InChI=1S/C19H20N2O/c1-14-6-8-15(9-7-14)11-21-12-19(13-21)10-16-4-2-3-5-17(16)20-18(19)22/h2-9H,10-13H2,1H3,(H,20,22). The van der Waals surface area contributed by atoms with Gasteiger partial charge in [0.25, 0.3) is 0 Å². The van der Waals surface area contributed by atoms with Crippen molar-refractivity contribution in [1.29, 1.82) is 0 Å². The Morgan fingerprint density at radius 1 is 1.09 bits per heavy atom. The molecule has 2 aliphatic heterocycles. The van der Waals surface area contributed by atoms with Crippen LogP contribution in [0.2, 0.25) is 0 Å². The van der Waals surface area contributed by atoms with Crippen molar-refractivity contribution in [2.45, 2.75) is 19.9 Å². The zero-order valence-electron chi connectivity index (χ0n) is 12.8. The molecule has 3 nitrogen and oxygen atoms in total. The molecule has 22 heavy (non-hydrogen) atoms. The summed E-state index contributed by atoms with van der Waals surface area (Å²) in [6.07, 6.45) is 0.861. The Bertz CT molecular complexity index is 714. The normalized spacial score (nSPS) is 19.4. The number of anilines is 1. The van der Waals surface area contributed by atoms with E-state index in [1.807, 2.05) is 18.2 Å². The largest absolute Gasteiger partial charge is 0.325 e. The fraction of sp³-hybridized carbons (Fsp3) is 0.316. The molecule has 2 aromatic rings. The van der Waals surface area contributed by atoms with Gasteiger partial charge in [0.2, 0.25) is 5.91 Å². The van der Waals surface area contributed by atoms with E-state index in [0.29, 0.717) is 0 Å². The maximum Gasteiger partial charge on any atom is 0.233 e. The van der Waals surface area contributed by atoms with Crippen LogP contribution in [0.1, 0.15) is 16.7 Å². The van der Waals surface area contributed by atoms with Crippen LogP contribution in [0.15, 0.2) is 48.5 Å². The van der Waals surface area contributed by atoms with Crippen LogP contribution in [0.25, 0.3) is 0 Å². The Morgan fingerprint density at radius 3 is 2.59 bits per heavy atom. The van der Waals surface area contributed by atoms with Crippen LogP contribution >= 0.6 is 0 Å². The van der Waals surface area contributed by atoms with E-state index in [1.54, 1.807) is 0 Å². The number of hydrogen-bond donors (Lipinski definition) is 1. The second-order valence-electron chi connectivity index (χ2n) is 6.70. The van der Waals surface area contributed by atoms with Crippen molar-refractivity contribution in [1.82, 2.24) is 4.90 Å². The Balaban J connectivity index is 1.46. The molecule has 0 bridgehead atoms. The summed E-state index contributed by atoms with van der Waals surface area (Å²) in [7, 11) is 0. The van der Waals surface area contributed by atoms with Gasteiger partial charge in [0, 0.05) is 25.3 Å². The number of hydrogen-bond acceptors (Lipinski definition) is 2. The molecule has 0 aliphatic carbocycles. The van der Waals surface area contributed by atoms with Crippen molar-refractivity contribution < 1.29 is 4.79 Å². The molecule has 0 atom stereocenters. The van der Waals surface area contributed by atoms with Gasteiger partial charge in [-0.2, -0.15) is 0 Å². The average molecular weight is 292 g/mol. The number of fused-ring (bicyclic) bond motifs is 1. The molecular formula is C19H20N2O. The van der Waals surface area contributed by atoms with Gasteiger partial charge in [-0.15, -0.1) is 0 Å². The summed E-state index contributed by atoms with van der Waals surface area (Å²) in [5, 5.41) is 3.08. The van der Waals surface area contributed by atoms with Gasteiger partial charge in [0.1, 0.15) is 0 Å². The van der Waals surface area contributed by atoms with Crippen LogP contribution in [-0.2, 0) is 17.8 Å². The minimum absolute atomic E-state index is 0.186. The third kappa shape index (κ3) is 2.22. The van der Waals surface area contributed by atoms with Gasteiger partial charge >= 0.3 is 0 Å². The molecule has 0 saturated carbocycles. The zero-order chi connectivity index (χ0) is 15.2. The lowest BCUT2D eigenvalue weighted by Gasteiger charge is -2.51. The first-order valence-corrected chi connectivity index (χ1v) is 7.82. The number of carbonyl (C=O) groups excluding carboxylic acids is 1. The summed E-state index contributed by atoms with van der Waals surface area (Å²) in [6, 6.07) is 16.8. The van der Waals surface area contributed by atoms with Crippen LogP contribution in [0.3, 0.4) is 0 Å². The van der Waals surface area contributed by atoms with Crippen molar-refractivity contribution in [3.63, 3.8) is 0 Å². The molecule has 2 aromatic carbocycles. The Morgan fingerprint density at radius 2 is 1.82 bits per heavy atom. The summed E-state index contributed by atoms with van der Waals surface area (Å²) >= 11 is 0. The fourth-order valence-corrected chi connectivity index (χ4v) is 3.62. The topological polar surface area (TPSA) is 32.3 Å². The highest BCUT2D eigenvalue weighted by molar-refractivity contribution is 5.99. The quantitative estimate of drug-likeness (QED) is 0.923. The first-order valence-electron chi connectivity index (χ1n) is 7.82. The van der Waals surface area contributed by atoms with E-state index in [4.69, 9.17) is 0 Å². The van der Waals surface area contributed by atoms with E-state index >= 15 is 0 Å². The van der Waals surface area contributed by atoms with E-state index in [9.17, 15) is 4.79 Å². The number of amides is 1. The third-order valence-electron chi connectivity index (χ3n) is 4.86. The lowest BCUT2D eigenvalue weighted by atomic mass is 9.71. The number of aryl methyl sites for hydroxylation is 1. The van der Waals surface area contributed by atoms with Crippen LogP contribution in [0.4, 0.5) is 5.69 Å². The monoisotopic (exact) mass is 292 g/mol. The summed E-state index contributed by atoms with van der Waals surface area (Å²) in [5.41, 5.74) is 4.62. The smallest absolute Gasteiger partial charge is 0.233 e. The number of benzene rings is 2. The first-order chi connectivity index (χ1) is 10.6. The van der Waals surface area contributed by atoms with E-state index in [0.717, 1.165) is 31.7 Å². The predicted molar refractivity (Wildman–Crippen MR) is 87.7 cm³/mol. The molecule has 0 unspecified atom stereocenters. The van der Waals surface area contributed by atoms with Crippen LogP contribution in [0.5, 0.6) is 0 Å². The van der Waals surface area contributed by atoms with Gasteiger partial charge in [-0.1, -0.05) is 48.0 Å². The fourth-order valence-electron chi connectivity index (χ4n) is 3.62. The van der Waals surface area contributed by atoms with Crippen LogP contribution < -0.4 is 5.32 Å². The molecule has 1 fully saturated rings. The Labute approximate surface area is 131 Å². The van der Waals surface area contributed by atoms with Crippen LogP contribution in [-0.4, -0.2) is 23.9 Å². The number of nitrogens with one attached hydrogen (secondary N) is 1. The molecule has 4 rings (SSSR count). The van der Waals surface area contributed by atoms with E-state index in [1.165, 1.54) is 16.7 Å². The highest BCUT2D eigenvalue weighted by Crippen LogP contribution is 2.41. The number of nitrogens with zero attached hydrogens (tertiary/aromatic N) is 1. The Kier molecular flexibility index (Phi) is 3.05. The highest BCUT2D eigenvalue weighted by atomic mass is 16.2. The number of para-hydroxylation sites is 1. The minimum atomic E-state index is -0.223. The molecule has 2 heterocycles. The van der Waals surface area contributed by atoms with E-state index < -0.39 is 0 Å². The Hall–Kier alpha value is -2.13. The van der Waals surface area contributed by atoms with Crippen molar-refractivity contribution in [3.05, 3.63) is 65.2 Å². The summed E-state index contributed by atoms with van der Waals surface area (Å²) < 4.78 is 0. The summed E-state index contributed by atoms with van der Waals surface area (Å²) in [5.74, 6) is 0.186. The van der Waals surface area contributed by atoms with Gasteiger partial charge < -0.3 is 5.32 Å². The summed E-state index contributed by atoms with van der Waals surface area (Å²) in [4.78, 5) is 14.8. The molecule has 0 aromatic heterocycles. The first kappa shape index (κ1) is 13.5. The van der Waals surface area contributed by atoms with E-state index in [2.05, 4.69) is 47.5 Å². The number of carbonyl (C=O) groups is 1. The molecule has 0 radical (unpaired) electrons. The minimum Gasteiger partial charge on any atom is -0.325 e. The number of likely N-dealkylation sites (tertiary alicyclic amines) is 1. The van der Waals surface area contributed by atoms with Gasteiger partial charge in [-0.25, -0.2) is 0 Å². The molecule has 112 valence electrons. The third-order valence-corrected chi connectivity index (χ3v) is 4.86. The van der Waals surface area contributed by atoms with Gasteiger partial charge in [0.05, 0.1) is 5.41 Å². The maximum absolute atomic E-state index is 12.5. The van der Waals surface area contributed by atoms with Crippen molar-refractivity contribution in [2.75, 3.05) is 18.4 Å². The second kappa shape index (κ2) is 4.96. The maximum atomic E-state index is 12.5. The molecule has 2 aliphatic rings. The predicted octanol–water partition coefficient (Wildman–Crippen LogP) is 2.99. The lowest BCUT2D eigenvalue weighted by Crippen LogP contribution is -2.63. The van der Waals surface area contributed by atoms with Crippen molar-refractivity contribution >= 4 is 11.6 Å². The number of rotatable bonds is 2. The lowest BCUT2D eigenvalue weighted by molar-refractivity contribution is -0.137. The van der Waals surface area contributed by atoms with Crippen molar-refractivity contribution in [3.8, 4) is 0 Å². The van der Waals surface area contributed by atoms with Gasteiger partial charge in [-0.3, -0.25) is 9.69 Å². The summed E-state index contributed by atoms with van der Waals surface area (Å²) in [6.45, 7) is 4.73. The average Bonchev–Trinajstić information content (AvgIpc) is 2.48. The molecule has 1 saturated heterocycles. The second-order valence-corrected chi connectivity index (χ2v) is 6.70. The van der Waals surface area contributed by atoms with Crippen molar-refractivity contribution in [2.24, 2.45) is 5.41 Å². The zero-order valence-corrected chi connectivity index (χ0v) is 12.8. The molecule has 1 N–H and O–H groups in total. The molecule has 1 spiro atoms. The SMILES string of the molecule is Cc1ccc(CN2CC3(Cc4ccccc4NC3=O)C2)cc1.